The largest absolute Gasteiger partial charge is 0.449 e. The van der Waals surface area contributed by atoms with Crippen LogP contribution in [0, 0.1) is 58.2 Å². The number of Topliss-reactive ketones (excluding diaryl/α,β-unsaturated/α-hetero) is 1. The molecule has 0 aromatic heterocycles. The maximum absolute atomic E-state index is 12.7. The van der Waals surface area contributed by atoms with E-state index in [1.807, 2.05) is 0 Å². The molecule has 4 aliphatic rings. The van der Waals surface area contributed by atoms with Crippen LogP contribution in [0.2, 0.25) is 0 Å². The van der Waals surface area contributed by atoms with Gasteiger partial charge in [-0.3, -0.25) is 4.79 Å². The van der Waals surface area contributed by atoms with Gasteiger partial charge in [0.15, 0.2) is 0 Å². The number of hydrogen-bond donors (Lipinski definition) is 0. The first kappa shape index (κ1) is 23.6. The van der Waals surface area contributed by atoms with E-state index in [4.69, 9.17) is 0 Å². The molecule has 0 N–H and O–H groups in total. The third kappa shape index (κ3) is 3.90. The van der Waals surface area contributed by atoms with Gasteiger partial charge in [0.25, 0.3) is 0 Å². The summed E-state index contributed by atoms with van der Waals surface area (Å²) in [5.41, 5.74) is 0.728. The molecule has 10 atom stereocenters. The average Bonchev–Trinajstić information content (AvgIpc) is 3.04. The highest BCUT2D eigenvalue weighted by Crippen LogP contribution is 2.69. The Morgan fingerprint density at radius 1 is 0.935 bits per heavy atom. The lowest BCUT2D eigenvalue weighted by molar-refractivity contribution is -0.171. The van der Waals surface area contributed by atoms with Crippen molar-refractivity contribution < 1.29 is 18.0 Å². The monoisotopic (exact) mass is 440 g/mol. The van der Waals surface area contributed by atoms with Crippen LogP contribution in [0.3, 0.4) is 0 Å². The van der Waals surface area contributed by atoms with E-state index in [0.29, 0.717) is 17.8 Å². The Labute approximate surface area is 187 Å². The van der Waals surface area contributed by atoms with Gasteiger partial charge in [-0.15, -0.1) is 0 Å². The lowest BCUT2D eigenvalue weighted by atomic mass is 9.42. The molecule has 4 rings (SSSR count). The highest BCUT2D eigenvalue weighted by atomic mass is 19.4. The van der Waals surface area contributed by atoms with Crippen molar-refractivity contribution in [3.63, 3.8) is 0 Å². The van der Waals surface area contributed by atoms with Gasteiger partial charge in [0.2, 0.25) is 5.78 Å². The molecule has 4 heteroatoms. The van der Waals surface area contributed by atoms with E-state index in [1.54, 1.807) is 0 Å². The van der Waals surface area contributed by atoms with E-state index in [-0.39, 0.29) is 17.8 Å². The quantitative estimate of drug-likeness (QED) is 0.432. The summed E-state index contributed by atoms with van der Waals surface area (Å²) in [4.78, 5) is 11.4. The summed E-state index contributed by atoms with van der Waals surface area (Å²) >= 11 is 0. The second-order valence-corrected chi connectivity index (χ2v) is 12.7. The lowest BCUT2D eigenvalue weighted by Gasteiger charge is -2.63. The van der Waals surface area contributed by atoms with Crippen LogP contribution in [0.4, 0.5) is 13.2 Å². The molecule has 0 saturated heterocycles. The number of hydrogen-bond acceptors (Lipinski definition) is 1. The summed E-state index contributed by atoms with van der Waals surface area (Å²) in [5.74, 6) is 3.97. The van der Waals surface area contributed by atoms with Gasteiger partial charge in [0.05, 0.1) is 0 Å². The molecule has 0 amide bonds. The molecule has 0 aromatic rings. The molecular formula is C27H43F3O. The number of rotatable bonds is 4. The van der Waals surface area contributed by atoms with E-state index >= 15 is 0 Å². The number of ketones is 1. The molecule has 7 unspecified atom stereocenters. The fourth-order valence-corrected chi connectivity index (χ4v) is 9.61. The number of carbonyl (C=O) groups excluding carboxylic acids is 1. The minimum atomic E-state index is -4.68. The van der Waals surface area contributed by atoms with Crippen LogP contribution in [-0.4, -0.2) is 12.0 Å². The fraction of sp³-hybridized carbons (Fsp3) is 0.963. The molecule has 0 bridgehead atoms. The van der Waals surface area contributed by atoms with Crippen molar-refractivity contribution in [1.82, 2.24) is 0 Å². The first-order valence-corrected chi connectivity index (χ1v) is 13.0. The van der Waals surface area contributed by atoms with Crippen molar-refractivity contribution in [3.8, 4) is 0 Å². The number of carbonyl (C=O) groups is 1. The van der Waals surface area contributed by atoms with Crippen LogP contribution in [0.15, 0.2) is 0 Å². The molecular weight excluding hydrogens is 397 g/mol. The van der Waals surface area contributed by atoms with Crippen LogP contribution in [0.1, 0.15) is 98.8 Å². The van der Waals surface area contributed by atoms with Crippen molar-refractivity contribution in [2.45, 2.75) is 105 Å². The van der Waals surface area contributed by atoms with Gasteiger partial charge in [0, 0.05) is 6.42 Å². The first-order chi connectivity index (χ1) is 14.4. The second-order valence-electron chi connectivity index (χ2n) is 12.7. The summed E-state index contributed by atoms with van der Waals surface area (Å²) in [6, 6.07) is 0. The zero-order valence-electron chi connectivity index (χ0n) is 20.2. The van der Waals surface area contributed by atoms with Gasteiger partial charge in [0.1, 0.15) is 0 Å². The SMILES string of the molecule is CC(CCC(=O)C(F)(F)F)C1CCC2C3C[C@H](C)[C@@H]4C[C@H](C)CCC4(C)C3CCC12C. The number of fused-ring (bicyclic) bond motifs is 5. The minimum absolute atomic E-state index is 0.192. The topological polar surface area (TPSA) is 17.1 Å². The van der Waals surface area contributed by atoms with Crippen molar-refractivity contribution in [3.05, 3.63) is 0 Å². The van der Waals surface area contributed by atoms with Crippen molar-refractivity contribution in [2.24, 2.45) is 58.2 Å². The Hall–Kier alpha value is -0.540. The fourth-order valence-electron chi connectivity index (χ4n) is 9.61. The van der Waals surface area contributed by atoms with Crippen LogP contribution in [0.5, 0.6) is 0 Å². The van der Waals surface area contributed by atoms with Crippen LogP contribution >= 0.6 is 0 Å². The maximum atomic E-state index is 12.7. The van der Waals surface area contributed by atoms with E-state index in [1.165, 1.54) is 44.9 Å². The van der Waals surface area contributed by atoms with Crippen LogP contribution < -0.4 is 0 Å². The summed E-state index contributed by atoms with van der Waals surface area (Å²) < 4.78 is 38.1. The van der Waals surface area contributed by atoms with E-state index < -0.39 is 12.0 Å². The molecule has 4 saturated carbocycles. The predicted octanol–water partition coefficient (Wildman–Crippen LogP) is 8.08. The van der Waals surface area contributed by atoms with Gasteiger partial charge < -0.3 is 0 Å². The summed E-state index contributed by atoms with van der Waals surface area (Å²) in [7, 11) is 0. The van der Waals surface area contributed by atoms with Crippen molar-refractivity contribution in [1.29, 1.82) is 0 Å². The molecule has 0 aromatic carbocycles. The third-order valence-electron chi connectivity index (χ3n) is 11.2. The normalized spacial score (nSPS) is 48.5. The Balaban J connectivity index is 1.49. The van der Waals surface area contributed by atoms with Gasteiger partial charge in [-0.2, -0.15) is 13.2 Å². The lowest BCUT2D eigenvalue weighted by Crippen LogP contribution is -2.55. The molecule has 0 heterocycles. The van der Waals surface area contributed by atoms with Crippen LogP contribution in [0.25, 0.3) is 0 Å². The number of halogens is 3. The van der Waals surface area contributed by atoms with E-state index in [0.717, 1.165) is 41.9 Å². The second kappa shape index (κ2) is 8.05. The standard InChI is InChI=1S/C27H43F3O/c1-16-10-12-26(5)22-11-13-25(4)20(17(2)6-9-24(31)27(28,29)30)7-8-21(25)19(22)15-18(3)23(26)14-16/h16-23H,6-15H2,1-5H3/t16-,17?,18+,19?,20?,21?,22?,23+,25?,26?/m1/s1. The molecule has 178 valence electrons. The van der Waals surface area contributed by atoms with E-state index in [9.17, 15) is 18.0 Å². The molecule has 1 nitrogen and oxygen atoms in total. The van der Waals surface area contributed by atoms with Crippen molar-refractivity contribution in [2.75, 3.05) is 0 Å². The van der Waals surface area contributed by atoms with Gasteiger partial charge in [-0.05, 0) is 110 Å². The Bertz CT molecular complexity index is 686. The molecule has 4 fully saturated rings. The summed E-state index contributed by atoms with van der Waals surface area (Å²) in [5, 5.41) is 0. The Morgan fingerprint density at radius 3 is 2.26 bits per heavy atom. The zero-order valence-corrected chi connectivity index (χ0v) is 20.2. The molecule has 0 spiro atoms. The smallest absolute Gasteiger partial charge is 0.290 e. The Morgan fingerprint density at radius 2 is 1.58 bits per heavy atom. The third-order valence-corrected chi connectivity index (χ3v) is 11.2. The number of alkyl halides is 3. The van der Waals surface area contributed by atoms with Gasteiger partial charge >= 0.3 is 6.18 Å². The molecule has 0 radical (unpaired) electrons. The van der Waals surface area contributed by atoms with Gasteiger partial charge in [-0.1, -0.05) is 41.0 Å². The Kier molecular flexibility index (Phi) is 6.13. The molecule has 4 aliphatic carbocycles. The zero-order chi connectivity index (χ0) is 22.8. The predicted molar refractivity (Wildman–Crippen MR) is 118 cm³/mol. The van der Waals surface area contributed by atoms with Crippen LogP contribution in [-0.2, 0) is 4.79 Å². The van der Waals surface area contributed by atoms with Gasteiger partial charge in [-0.25, -0.2) is 0 Å². The maximum Gasteiger partial charge on any atom is 0.449 e. The highest BCUT2D eigenvalue weighted by molar-refractivity contribution is 5.83. The summed E-state index contributed by atoms with van der Waals surface area (Å²) in [6.07, 6.45) is 5.77. The average molecular weight is 441 g/mol. The van der Waals surface area contributed by atoms with E-state index in [2.05, 4.69) is 34.6 Å². The minimum Gasteiger partial charge on any atom is -0.290 e. The van der Waals surface area contributed by atoms with Crippen molar-refractivity contribution >= 4 is 5.78 Å². The highest BCUT2D eigenvalue weighted by Gasteiger charge is 2.61. The summed E-state index contributed by atoms with van der Waals surface area (Å²) in [6.45, 7) is 12.1. The molecule has 31 heavy (non-hydrogen) atoms. The first-order valence-electron chi connectivity index (χ1n) is 13.0. The molecule has 0 aliphatic heterocycles.